The van der Waals surface area contributed by atoms with Gasteiger partial charge in [-0.2, -0.15) is 0 Å². The minimum atomic E-state index is -0.295. The van der Waals surface area contributed by atoms with Crippen molar-refractivity contribution in [3.63, 3.8) is 0 Å². The van der Waals surface area contributed by atoms with Gasteiger partial charge in [-0.25, -0.2) is 4.39 Å². The van der Waals surface area contributed by atoms with Crippen LogP contribution in [0.4, 0.5) is 10.1 Å². The molecule has 1 saturated heterocycles. The van der Waals surface area contributed by atoms with Crippen molar-refractivity contribution in [3.05, 3.63) is 90.0 Å². The molecule has 4 aromatic rings. The number of anilines is 1. The minimum absolute atomic E-state index is 0.255. The molecule has 0 saturated carbocycles. The first kappa shape index (κ1) is 20.3. The molecule has 2 aromatic heterocycles. The van der Waals surface area contributed by atoms with Crippen LogP contribution in [-0.2, 0) is 6.54 Å². The second-order valence-electron chi connectivity index (χ2n) is 8.13. The van der Waals surface area contributed by atoms with E-state index in [1.807, 2.05) is 6.07 Å². The second kappa shape index (κ2) is 8.85. The van der Waals surface area contributed by atoms with Gasteiger partial charge < -0.3 is 5.32 Å². The van der Waals surface area contributed by atoms with Crippen molar-refractivity contribution >= 4 is 22.5 Å². The van der Waals surface area contributed by atoms with E-state index in [0.29, 0.717) is 16.9 Å². The Morgan fingerprint density at radius 1 is 0.938 bits per heavy atom. The number of halogens is 1. The summed E-state index contributed by atoms with van der Waals surface area (Å²) in [4.78, 5) is 24.0. The lowest BCUT2D eigenvalue weighted by atomic mass is 10.1. The van der Waals surface area contributed by atoms with Gasteiger partial charge >= 0.3 is 0 Å². The summed E-state index contributed by atoms with van der Waals surface area (Å²) in [5.74, 6) is -0.550. The average molecular weight is 426 g/mol. The van der Waals surface area contributed by atoms with E-state index in [-0.39, 0.29) is 11.7 Å². The summed E-state index contributed by atoms with van der Waals surface area (Å²) < 4.78 is 13.1. The smallest absolute Gasteiger partial charge is 0.257 e. The Labute approximate surface area is 185 Å². The summed E-state index contributed by atoms with van der Waals surface area (Å²) in [7, 11) is 0. The number of carbonyl (C=O) groups is 1. The molecule has 0 unspecified atom stereocenters. The fraction of sp³-hybridized carbons (Fsp3) is 0.192. The first-order valence-corrected chi connectivity index (χ1v) is 10.8. The van der Waals surface area contributed by atoms with E-state index >= 15 is 0 Å². The highest BCUT2D eigenvalue weighted by atomic mass is 19.1. The Morgan fingerprint density at radius 2 is 1.75 bits per heavy atom. The molecule has 0 aliphatic carbocycles. The minimum Gasteiger partial charge on any atom is -0.321 e. The van der Waals surface area contributed by atoms with E-state index in [1.165, 1.54) is 36.7 Å². The van der Waals surface area contributed by atoms with Gasteiger partial charge in [0.2, 0.25) is 0 Å². The van der Waals surface area contributed by atoms with Crippen molar-refractivity contribution < 1.29 is 9.18 Å². The van der Waals surface area contributed by atoms with Crippen LogP contribution in [0, 0.1) is 5.82 Å². The zero-order valence-corrected chi connectivity index (χ0v) is 17.6. The van der Waals surface area contributed by atoms with Crippen molar-refractivity contribution in [2.75, 3.05) is 18.4 Å². The number of aromatic nitrogens is 2. The zero-order valence-electron chi connectivity index (χ0n) is 17.6. The number of rotatable bonds is 5. The van der Waals surface area contributed by atoms with Crippen molar-refractivity contribution in [3.8, 4) is 11.3 Å². The van der Waals surface area contributed by atoms with E-state index in [2.05, 4.69) is 38.4 Å². The van der Waals surface area contributed by atoms with Gasteiger partial charge in [-0.05, 0) is 80.0 Å². The molecular weight excluding hydrogens is 403 g/mol. The van der Waals surface area contributed by atoms with Crippen LogP contribution in [0.2, 0.25) is 0 Å². The Kier molecular flexibility index (Phi) is 5.60. The zero-order chi connectivity index (χ0) is 21.9. The van der Waals surface area contributed by atoms with Gasteiger partial charge in [0.25, 0.3) is 5.91 Å². The molecule has 0 atom stereocenters. The second-order valence-corrected chi connectivity index (χ2v) is 8.13. The summed E-state index contributed by atoms with van der Waals surface area (Å²) in [6.45, 7) is 3.28. The summed E-state index contributed by atoms with van der Waals surface area (Å²) in [5.41, 5.74) is 4.73. The molecule has 160 valence electrons. The standard InChI is InChI=1S/C26H23FN4O/c27-22-8-5-19(6-9-22)24-10-7-21(15-28-24)26(32)30-23-14-20-4-3-18(13-25(20)29-16-23)17-31-11-1-2-12-31/h3-10,13-16H,1-2,11-12,17H2,(H,30,32). The number of nitrogens with one attached hydrogen (secondary N) is 1. The number of pyridine rings is 2. The van der Waals surface area contributed by atoms with Gasteiger partial charge in [-0.1, -0.05) is 12.1 Å². The molecule has 32 heavy (non-hydrogen) atoms. The van der Waals surface area contributed by atoms with Crippen LogP contribution in [0.15, 0.2) is 73.1 Å². The maximum Gasteiger partial charge on any atom is 0.257 e. The summed E-state index contributed by atoms with van der Waals surface area (Å²) in [6.07, 6.45) is 5.76. The van der Waals surface area contributed by atoms with Crippen LogP contribution in [0.25, 0.3) is 22.2 Å². The van der Waals surface area contributed by atoms with Crippen LogP contribution < -0.4 is 5.32 Å². The number of carbonyl (C=O) groups excluding carboxylic acids is 1. The SMILES string of the molecule is O=C(Nc1cnc2cc(CN3CCCC3)ccc2c1)c1ccc(-c2ccc(F)cc2)nc1. The third-order valence-corrected chi connectivity index (χ3v) is 5.78. The van der Waals surface area contributed by atoms with Gasteiger partial charge in [-0.3, -0.25) is 19.7 Å². The van der Waals surface area contributed by atoms with E-state index in [9.17, 15) is 9.18 Å². The lowest BCUT2D eigenvalue weighted by molar-refractivity contribution is 0.102. The number of hydrogen-bond acceptors (Lipinski definition) is 4. The molecule has 1 fully saturated rings. The van der Waals surface area contributed by atoms with E-state index in [0.717, 1.165) is 36.1 Å². The van der Waals surface area contributed by atoms with E-state index in [4.69, 9.17) is 0 Å². The predicted octanol–water partition coefficient (Wildman–Crippen LogP) is 5.28. The van der Waals surface area contributed by atoms with Gasteiger partial charge in [0, 0.05) is 23.7 Å². The monoisotopic (exact) mass is 426 g/mol. The quantitative estimate of drug-likeness (QED) is 0.471. The van der Waals surface area contributed by atoms with Crippen molar-refractivity contribution in [2.24, 2.45) is 0 Å². The lowest BCUT2D eigenvalue weighted by Crippen LogP contribution is -2.18. The van der Waals surface area contributed by atoms with Crippen LogP contribution in [-0.4, -0.2) is 33.9 Å². The van der Waals surface area contributed by atoms with Crippen molar-refractivity contribution in [2.45, 2.75) is 19.4 Å². The molecule has 2 aromatic carbocycles. The fourth-order valence-corrected chi connectivity index (χ4v) is 4.06. The fourth-order valence-electron chi connectivity index (χ4n) is 4.06. The first-order valence-electron chi connectivity index (χ1n) is 10.8. The Hall–Kier alpha value is -3.64. The summed E-state index contributed by atoms with van der Waals surface area (Å²) in [6, 6.07) is 17.8. The number of benzene rings is 2. The maximum atomic E-state index is 13.1. The Bertz CT molecular complexity index is 1250. The highest BCUT2D eigenvalue weighted by molar-refractivity contribution is 6.04. The van der Waals surface area contributed by atoms with Crippen LogP contribution in [0.1, 0.15) is 28.8 Å². The molecule has 6 heteroatoms. The predicted molar refractivity (Wildman–Crippen MR) is 124 cm³/mol. The number of fused-ring (bicyclic) bond motifs is 1. The van der Waals surface area contributed by atoms with Gasteiger partial charge in [0.15, 0.2) is 0 Å². The molecule has 0 spiro atoms. The number of nitrogens with zero attached hydrogens (tertiary/aromatic N) is 3. The van der Waals surface area contributed by atoms with Crippen LogP contribution in [0.3, 0.4) is 0 Å². The topological polar surface area (TPSA) is 58.1 Å². The van der Waals surface area contributed by atoms with Crippen molar-refractivity contribution in [1.29, 1.82) is 0 Å². The van der Waals surface area contributed by atoms with E-state index in [1.54, 1.807) is 30.5 Å². The Morgan fingerprint density at radius 3 is 2.50 bits per heavy atom. The molecule has 3 heterocycles. The normalized spacial score (nSPS) is 14.0. The van der Waals surface area contributed by atoms with Crippen molar-refractivity contribution in [1.82, 2.24) is 14.9 Å². The molecule has 1 aliphatic rings. The van der Waals surface area contributed by atoms with E-state index < -0.39 is 0 Å². The van der Waals surface area contributed by atoms with Crippen LogP contribution >= 0.6 is 0 Å². The molecule has 1 N–H and O–H groups in total. The van der Waals surface area contributed by atoms with Crippen LogP contribution in [0.5, 0.6) is 0 Å². The highest BCUT2D eigenvalue weighted by Gasteiger charge is 2.13. The Balaban J connectivity index is 1.28. The van der Waals surface area contributed by atoms with Gasteiger partial charge in [0.05, 0.1) is 28.7 Å². The molecular formula is C26H23FN4O. The van der Waals surface area contributed by atoms with Gasteiger partial charge in [0.1, 0.15) is 5.82 Å². The molecule has 0 bridgehead atoms. The number of hydrogen-bond donors (Lipinski definition) is 1. The maximum absolute atomic E-state index is 13.1. The third kappa shape index (κ3) is 4.50. The molecule has 1 amide bonds. The average Bonchev–Trinajstić information content (AvgIpc) is 3.33. The molecule has 0 radical (unpaired) electrons. The summed E-state index contributed by atoms with van der Waals surface area (Å²) >= 11 is 0. The molecule has 5 nitrogen and oxygen atoms in total. The number of amides is 1. The number of likely N-dealkylation sites (tertiary alicyclic amines) is 1. The molecule has 5 rings (SSSR count). The van der Waals surface area contributed by atoms with Gasteiger partial charge in [-0.15, -0.1) is 0 Å². The lowest BCUT2D eigenvalue weighted by Gasteiger charge is -2.14. The third-order valence-electron chi connectivity index (χ3n) is 5.78. The highest BCUT2D eigenvalue weighted by Crippen LogP contribution is 2.21. The largest absolute Gasteiger partial charge is 0.321 e. The summed E-state index contributed by atoms with van der Waals surface area (Å²) in [5, 5.41) is 3.88. The molecule has 1 aliphatic heterocycles. The first-order chi connectivity index (χ1) is 15.6.